The van der Waals surface area contributed by atoms with Crippen LogP contribution in [0.15, 0.2) is 42.3 Å². The molecule has 0 spiro atoms. The Morgan fingerprint density at radius 2 is 2.18 bits per heavy atom. The highest BCUT2D eigenvalue weighted by Crippen LogP contribution is 2.15. The lowest BCUT2D eigenvalue weighted by atomic mass is 10.1. The Kier molecular flexibility index (Phi) is 4.58. The summed E-state index contributed by atoms with van der Waals surface area (Å²) >= 11 is 1.62. The summed E-state index contributed by atoms with van der Waals surface area (Å²) in [6.45, 7) is 2.72. The van der Waals surface area contributed by atoms with Gasteiger partial charge in [-0.05, 0) is 18.6 Å². The SMILES string of the molecule is CCCC(C(=O)NCCc1cn2ccsc2n1)n1cccc1. The molecule has 1 amide bonds. The van der Waals surface area contributed by atoms with Gasteiger partial charge in [0.1, 0.15) is 6.04 Å². The fourth-order valence-corrected chi connectivity index (χ4v) is 3.29. The predicted molar refractivity (Wildman–Crippen MR) is 88.2 cm³/mol. The monoisotopic (exact) mass is 316 g/mol. The Labute approximate surface area is 133 Å². The molecule has 3 rings (SSSR count). The van der Waals surface area contributed by atoms with Gasteiger partial charge in [0.05, 0.1) is 5.69 Å². The van der Waals surface area contributed by atoms with Crippen LogP contribution in [-0.4, -0.2) is 26.4 Å². The van der Waals surface area contributed by atoms with Crippen molar-refractivity contribution < 1.29 is 4.79 Å². The highest BCUT2D eigenvalue weighted by molar-refractivity contribution is 7.15. The van der Waals surface area contributed by atoms with Crippen LogP contribution in [0.5, 0.6) is 0 Å². The van der Waals surface area contributed by atoms with Gasteiger partial charge >= 0.3 is 0 Å². The summed E-state index contributed by atoms with van der Waals surface area (Å²) in [5, 5.41) is 5.05. The van der Waals surface area contributed by atoms with Crippen LogP contribution in [0.25, 0.3) is 4.96 Å². The van der Waals surface area contributed by atoms with Gasteiger partial charge in [-0.25, -0.2) is 4.98 Å². The second kappa shape index (κ2) is 6.79. The van der Waals surface area contributed by atoms with Gasteiger partial charge in [0, 0.05) is 43.1 Å². The molecule has 0 aliphatic carbocycles. The molecule has 1 unspecified atom stereocenters. The number of amides is 1. The summed E-state index contributed by atoms with van der Waals surface area (Å²) in [5.74, 6) is 0.0825. The molecule has 1 N–H and O–H groups in total. The number of nitrogens with zero attached hydrogens (tertiary/aromatic N) is 3. The lowest BCUT2D eigenvalue weighted by molar-refractivity contribution is -0.124. The number of carbonyl (C=O) groups excluding carboxylic acids is 1. The average molecular weight is 316 g/mol. The van der Waals surface area contributed by atoms with Crippen molar-refractivity contribution in [3.63, 3.8) is 0 Å². The second-order valence-corrected chi connectivity index (χ2v) is 6.17. The number of carbonyl (C=O) groups is 1. The van der Waals surface area contributed by atoms with E-state index in [0.29, 0.717) is 6.54 Å². The molecule has 0 aliphatic rings. The first-order valence-corrected chi connectivity index (χ1v) is 8.47. The maximum Gasteiger partial charge on any atom is 0.243 e. The van der Waals surface area contributed by atoms with Gasteiger partial charge in [0.15, 0.2) is 4.96 Å². The van der Waals surface area contributed by atoms with Crippen molar-refractivity contribution in [2.75, 3.05) is 6.54 Å². The molecule has 22 heavy (non-hydrogen) atoms. The van der Waals surface area contributed by atoms with Crippen LogP contribution >= 0.6 is 11.3 Å². The number of rotatable bonds is 7. The summed E-state index contributed by atoms with van der Waals surface area (Å²) in [7, 11) is 0. The van der Waals surface area contributed by atoms with Crippen molar-refractivity contribution in [2.24, 2.45) is 0 Å². The molecule has 5 nitrogen and oxygen atoms in total. The summed E-state index contributed by atoms with van der Waals surface area (Å²) in [6.07, 6.45) is 10.5. The third kappa shape index (κ3) is 3.22. The lowest BCUT2D eigenvalue weighted by Crippen LogP contribution is -2.33. The van der Waals surface area contributed by atoms with Gasteiger partial charge in [-0.3, -0.25) is 9.20 Å². The quantitative estimate of drug-likeness (QED) is 0.728. The molecule has 3 aromatic rings. The van der Waals surface area contributed by atoms with Crippen molar-refractivity contribution in [1.82, 2.24) is 19.3 Å². The van der Waals surface area contributed by atoms with Crippen LogP contribution in [-0.2, 0) is 11.2 Å². The number of hydrogen-bond acceptors (Lipinski definition) is 3. The highest BCUT2D eigenvalue weighted by Gasteiger charge is 2.18. The molecule has 3 aromatic heterocycles. The standard InChI is InChI=1S/C16H20N4OS/c1-2-5-14(19-8-3-4-9-19)15(21)17-7-6-13-12-20-10-11-22-16(20)18-13/h3-4,8-12,14H,2,5-7H2,1H3,(H,17,21). The molecule has 0 aliphatic heterocycles. The molecular formula is C16H20N4OS. The minimum atomic E-state index is -0.120. The largest absolute Gasteiger partial charge is 0.354 e. The van der Waals surface area contributed by atoms with Gasteiger partial charge in [-0.2, -0.15) is 0 Å². The number of thiazole rings is 1. The number of fused-ring (bicyclic) bond motifs is 1. The van der Waals surface area contributed by atoms with Crippen LogP contribution in [0.2, 0.25) is 0 Å². The molecule has 0 saturated heterocycles. The van der Waals surface area contributed by atoms with Crippen molar-refractivity contribution in [1.29, 1.82) is 0 Å². The van der Waals surface area contributed by atoms with Gasteiger partial charge in [-0.1, -0.05) is 13.3 Å². The fourth-order valence-electron chi connectivity index (χ4n) is 2.57. The number of nitrogens with one attached hydrogen (secondary N) is 1. The molecule has 0 bridgehead atoms. The van der Waals surface area contributed by atoms with Crippen molar-refractivity contribution in [2.45, 2.75) is 32.2 Å². The smallest absolute Gasteiger partial charge is 0.243 e. The number of aromatic nitrogens is 3. The lowest BCUT2D eigenvalue weighted by Gasteiger charge is -2.17. The average Bonchev–Trinajstić information content (AvgIpc) is 3.21. The van der Waals surface area contributed by atoms with E-state index in [4.69, 9.17) is 0 Å². The normalized spacial score (nSPS) is 12.6. The Morgan fingerprint density at radius 1 is 1.36 bits per heavy atom. The molecule has 0 radical (unpaired) electrons. The van der Waals surface area contributed by atoms with E-state index in [9.17, 15) is 4.79 Å². The molecule has 0 aromatic carbocycles. The zero-order chi connectivity index (χ0) is 15.4. The number of hydrogen-bond donors (Lipinski definition) is 1. The topological polar surface area (TPSA) is 51.3 Å². The van der Waals surface area contributed by atoms with E-state index in [1.54, 1.807) is 11.3 Å². The summed E-state index contributed by atoms with van der Waals surface area (Å²) < 4.78 is 3.99. The van der Waals surface area contributed by atoms with E-state index in [1.807, 2.05) is 51.3 Å². The Morgan fingerprint density at radius 3 is 2.91 bits per heavy atom. The van der Waals surface area contributed by atoms with E-state index in [1.165, 1.54) is 0 Å². The maximum atomic E-state index is 12.4. The van der Waals surface area contributed by atoms with Crippen LogP contribution in [0.3, 0.4) is 0 Å². The van der Waals surface area contributed by atoms with Crippen molar-refractivity contribution in [3.8, 4) is 0 Å². The molecule has 1 atom stereocenters. The summed E-state index contributed by atoms with van der Waals surface area (Å²) in [4.78, 5) is 17.9. The van der Waals surface area contributed by atoms with Crippen molar-refractivity contribution in [3.05, 3.63) is 48.0 Å². The van der Waals surface area contributed by atoms with Gasteiger partial charge in [-0.15, -0.1) is 11.3 Å². The molecule has 116 valence electrons. The van der Waals surface area contributed by atoms with Crippen LogP contribution in [0, 0.1) is 0 Å². The second-order valence-electron chi connectivity index (χ2n) is 5.30. The first-order chi connectivity index (χ1) is 10.8. The third-order valence-electron chi connectivity index (χ3n) is 3.68. The third-order valence-corrected chi connectivity index (χ3v) is 4.45. The minimum Gasteiger partial charge on any atom is -0.354 e. The zero-order valence-corrected chi connectivity index (χ0v) is 13.4. The van der Waals surface area contributed by atoms with Gasteiger partial charge in [0.25, 0.3) is 0 Å². The summed E-state index contributed by atoms with van der Waals surface area (Å²) in [6, 6.07) is 3.78. The fraction of sp³-hybridized carbons (Fsp3) is 0.375. The Hall–Kier alpha value is -2.08. The molecule has 0 saturated carbocycles. The van der Waals surface area contributed by atoms with E-state index < -0.39 is 0 Å². The van der Waals surface area contributed by atoms with E-state index >= 15 is 0 Å². The maximum absolute atomic E-state index is 12.4. The molecule has 0 fully saturated rings. The molecule has 6 heteroatoms. The van der Waals surface area contributed by atoms with Gasteiger partial charge in [0.2, 0.25) is 5.91 Å². The summed E-state index contributed by atoms with van der Waals surface area (Å²) in [5.41, 5.74) is 1.01. The predicted octanol–water partition coefficient (Wildman–Crippen LogP) is 2.90. The van der Waals surface area contributed by atoms with Crippen LogP contribution in [0.4, 0.5) is 0 Å². The zero-order valence-electron chi connectivity index (χ0n) is 12.6. The Balaban J connectivity index is 1.55. The van der Waals surface area contributed by atoms with Gasteiger partial charge < -0.3 is 9.88 Å². The van der Waals surface area contributed by atoms with E-state index in [2.05, 4.69) is 17.2 Å². The van der Waals surface area contributed by atoms with Crippen molar-refractivity contribution >= 4 is 22.2 Å². The Bertz CT molecular complexity index is 700. The first-order valence-electron chi connectivity index (χ1n) is 7.59. The van der Waals surface area contributed by atoms with E-state index in [0.717, 1.165) is 29.9 Å². The first kappa shape index (κ1) is 14.8. The molecular weight excluding hydrogens is 296 g/mol. The highest BCUT2D eigenvalue weighted by atomic mass is 32.1. The minimum absolute atomic E-state index is 0.0825. The number of imidazole rings is 1. The van der Waals surface area contributed by atoms with Crippen LogP contribution < -0.4 is 5.32 Å². The van der Waals surface area contributed by atoms with Crippen LogP contribution in [0.1, 0.15) is 31.5 Å². The van der Waals surface area contributed by atoms with E-state index in [-0.39, 0.29) is 11.9 Å². The molecule has 3 heterocycles.